The number of amides is 4. The lowest BCUT2D eigenvalue weighted by Crippen LogP contribution is -2.60. The molecule has 0 aliphatic carbocycles. The summed E-state index contributed by atoms with van der Waals surface area (Å²) < 4.78 is 0. The van der Waals surface area contributed by atoms with Gasteiger partial charge in [0.2, 0.25) is 23.6 Å². The molecule has 0 aliphatic rings. The topological polar surface area (TPSA) is 195 Å². The van der Waals surface area contributed by atoms with Gasteiger partial charge in [-0.05, 0) is 32.6 Å². The molecule has 0 aliphatic heterocycles. The standard InChI is InChI=1S/C17H33N7O4/c1-9(2)12(13(18)26)23-14(27)11(7-6-8-21-16(19)20)22-15(28)17(4,5)24-10(3)25/h9,11-12H,6-8H2,1-5H3,(H2,18,26)(H,22,28)(H,23,27)(H,24,25)(H4,19,20,21). The van der Waals surface area contributed by atoms with E-state index in [1.54, 1.807) is 13.8 Å². The average Bonchev–Trinajstić information content (AvgIpc) is 2.52. The van der Waals surface area contributed by atoms with Gasteiger partial charge in [0, 0.05) is 13.5 Å². The molecule has 0 radical (unpaired) electrons. The predicted octanol–water partition coefficient (Wildman–Crippen LogP) is -1.93. The van der Waals surface area contributed by atoms with Gasteiger partial charge in [0.05, 0.1) is 0 Å². The third-order valence-electron chi connectivity index (χ3n) is 3.89. The molecule has 11 heteroatoms. The molecule has 2 atom stereocenters. The fraction of sp³-hybridized carbons (Fsp3) is 0.706. The highest BCUT2D eigenvalue weighted by molar-refractivity contribution is 5.95. The van der Waals surface area contributed by atoms with E-state index in [1.165, 1.54) is 20.8 Å². The summed E-state index contributed by atoms with van der Waals surface area (Å²) in [6.07, 6.45) is 0.619. The number of carbonyl (C=O) groups is 4. The smallest absolute Gasteiger partial charge is 0.245 e. The summed E-state index contributed by atoms with van der Waals surface area (Å²) >= 11 is 0. The highest BCUT2D eigenvalue weighted by Crippen LogP contribution is 2.08. The molecule has 9 N–H and O–H groups in total. The first-order valence-electron chi connectivity index (χ1n) is 9.02. The Hall–Kier alpha value is -2.85. The SMILES string of the molecule is CC(=O)NC(C)(C)C(=O)NC(CCCN=C(N)N)C(=O)NC(C(N)=O)C(C)C. The number of hydrogen-bond acceptors (Lipinski definition) is 5. The van der Waals surface area contributed by atoms with Gasteiger partial charge >= 0.3 is 0 Å². The highest BCUT2D eigenvalue weighted by atomic mass is 16.2. The largest absolute Gasteiger partial charge is 0.370 e. The Morgan fingerprint density at radius 3 is 2.04 bits per heavy atom. The molecule has 160 valence electrons. The van der Waals surface area contributed by atoms with Crippen LogP contribution in [0.5, 0.6) is 0 Å². The lowest BCUT2D eigenvalue weighted by molar-refractivity contribution is -0.135. The number of aliphatic imine (C=N–C) groups is 1. The minimum atomic E-state index is -1.23. The van der Waals surface area contributed by atoms with Crippen LogP contribution in [-0.4, -0.2) is 53.8 Å². The van der Waals surface area contributed by atoms with Crippen LogP contribution < -0.4 is 33.2 Å². The van der Waals surface area contributed by atoms with E-state index in [1.807, 2.05) is 0 Å². The second kappa shape index (κ2) is 11.1. The molecule has 0 spiro atoms. The van der Waals surface area contributed by atoms with Crippen LogP contribution in [0.2, 0.25) is 0 Å². The number of primary amides is 1. The third kappa shape index (κ3) is 9.19. The molecule has 0 rings (SSSR count). The van der Waals surface area contributed by atoms with Crippen LogP contribution in [-0.2, 0) is 19.2 Å². The second-order valence-corrected chi connectivity index (χ2v) is 7.41. The van der Waals surface area contributed by atoms with Gasteiger partial charge in [-0.25, -0.2) is 0 Å². The summed E-state index contributed by atoms with van der Waals surface area (Å²) in [5.41, 5.74) is 14.6. The minimum Gasteiger partial charge on any atom is -0.370 e. The summed E-state index contributed by atoms with van der Waals surface area (Å²) in [5, 5.41) is 7.68. The van der Waals surface area contributed by atoms with Crippen LogP contribution in [0.4, 0.5) is 0 Å². The Labute approximate surface area is 165 Å². The van der Waals surface area contributed by atoms with E-state index in [0.29, 0.717) is 6.42 Å². The maximum Gasteiger partial charge on any atom is 0.245 e. The molecule has 28 heavy (non-hydrogen) atoms. The van der Waals surface area contributed by atoms with Crippen LogP contribution in [0.1, 0.15) is 47.5 Å². The number of carbonyl (C=O) groups excluding carboxylic acids is 4. The van der Waals surface area contributed by atoms with Gasteiger partial charge in [0.1, 0.15) is 17.6 Å². The molecular weight excluding hydrogens is 366 g/mol. The van der Waals surface area contributed by atoms with Gasteiger partial charge in [0.15, 0.2) is 5.96 Å². The molecule has 11 nitrogen and oxygen atoms in total. The molecule has 0 saturated carbocycles. The van der Waals surface area contributed by atoms with E-state index in [-0.39, 0.29) is 30.8 Å². The minimum absolute atomic E-state index is 0.0783. The van der Waals surface area contributed by atoms with Crippen molar-refractivity contribution in [2.24, 2.45) is 28.1 Å². The van der Waals surface area contributed by atoms with E-state index in [2.05, 4.69) is 20.9 Å². The fourth-order valence-electron chi connectivity index (χ4n) is 2.43. The molecule has 0 aromatic carbocycles. The highest BCUT2D eigenvalue weighted by Gasteiger charge is 2.33. The van der Waals surface area contributed by atoms with Crippen molar-refractivity contribution < 1.29 is 19.2 Å². The number of rotatable bonds is 11. The quantitative estimate of drug-likeness (QED) is 0.133. The van der Waals surface area contributed by atoms with E-state index in [4.69, 9.17) is 17.2 Å². The Balaban J connectivity index is 5.30. The number of nitrogens with zero attached hydrogens (tertiary/aromatic N) is 1. The van der Waals surface area contributed by atoms with Crippen molar-refractivity contribution in [3.05, 3.63) is 0 Å². The Morgan fingerprint density at radius 1 is 1.04 bits per heavy atom. The molecular formula is C17H33N7O4. The lowest BCUT2D eigenvalue weighted by atomic mass is 10.0. The molecule has 0 bridgehead atoms. The van der Waals surface area contributed by atoms with E-state index in [0.717, 1.165) is 0 Å². The number of nitrogens with one attached hydrogen (secondary N) is 3. The first kappa shape index (κ1) is 25.1. The van der Waals surface area contributed by atoms with E-state index >= 15 is 0 Å². The maximum atomic E-state index is 12.7. The number of guanidine groups is 1. The van der Waals surface area contributed by atoms with Crippen molar-refractivity contribution in [1.82, 2.24) is 16.0 Å². The van der Waals surface area contributed by atoms with Crippen LogP contribution in [0.3, 0.4) is 0 Å². The molecule has 0 heterocycles. The zero-order chi connectivity index (χ0) is 22.1. The van der Waals surface area contributed by atoms with Crippen LogP contribution in [0, 0.1) is 5.92 Å². The monoisotopic (exact) mass is 399 g/mol. The van der Waals surface area contributed by atoms with Gasteiger partial charge < -0.3 is 33.2 Å². The maximum absolute atomic E-state index is 12.7. The average molecular weight is 399 g/mol. The van der Waals surface area contributed by atoms with Crippen LogP contribution in [0.15, 0.2) is 4.99 Å². The Morgan fingerprint density at radius 2 is 1.61 bits per heavy atom. The van der Waals surface area contributed by atoms with Gasteiger partial charge in [-0.1, -0.05) is 13.8 Å². The molecule has 0 fully saturated rings. The summed E-state index contributed by atoms with van der Waals surface area (Å²) in [7, 11) is 0. The molecule has 0 aromatic rings. The van der Waals surface area contributed by atoms with Crippen molar-refractivity contribution >= 4 is 29.6 Å². The van der Waals surface area contributed by atoms with Gasteiger partial charge in [-0.2, -0.15) is 0 Å². The second-order valence-electron chi connectivity index (χ2n) is 7.41. The number of nitrogens with two attached hydrogens (primary N) is 3. The van der Waals surface area contributed by atoms with Crippen LogP contribution in [0.25, 0.3) is 0 Å². The summed E-state index contributed by atoms with van der Waals surface area (Å²) in [6.45, 7) is 8.05. The van der Waals surface area contributed by atoms with Crippen molar-refractivity contribution in [2.75, 3.05) is 6.54 Å². The van der Waals surface area contributed by atoms with E-state index in [9.17, 15) is 19.2 Å². The van der Waals surface area contributed by atoms with Gasteiger partial charge in [-0.3, -0.25) is 24.2 Å². The first-order chi connectivity index (χ1) is 12.8. The molecule has 0 aromatic heterocycles. The first-order valence-corrected chi connectivity index (χ1v) is 9.02. The third-order valence-corrected chi connectivity index (χ3v) is 3.89. The van der Waals surface area contributed by atoms with Crippen molar-refractivity contribution in [3.8, 4) is 0 Å². The van der Waals surface area contributed by atoms with Crippen LogP contribution >= 0.6 is 0 Å². The fourth-order valence-corrected chi connectivity index (χ4v) is 2.43. The van der Waals surface area contributed by atoms with Gasteiger partial charge in [-0.15, -0.1) is 0 Å². The summed E-state index contributed by atoms with van der Waals surface area (Å²) in [4.78, 5) is 51.9. The van der Waals surface area contributed by atoms with Gasteiger partial charge in [0.25, 0.3) is 0 Å². The molecule has 2 unspecified atom stereocenters. The Kier molecular flexibility index (Phi) is 9.97. The molecule has 4 amide bonds. The summed E-state index contributed by atoms with van der Waals surface area (Å²) in [6, 6.07) is -1.84. The van der Waals surface area contributed by atoms with Crippen molar-refractivity contribution in [1.29, 1.82) is 0 Å². The Bertz CT molecular complexity index is 613. The van der Waals surface area contributed by atoms with Crippen molar-refractivity contribution in [3.63, 3.8) is 0 Å². The normalized spacial score (nSPS) is 13.2. The molecule has 0 saturated heterocycles. The van der Waals surface area contributed by atoms with E-state index < -0.39 is 35.3 Å². The zero-order valence-electron chi connectivity index (χ0n) is 17.2. The zero-order valence-corrected chi connectivity index (χ0v) is 17.2. The summed E-state index contributed by atoms with van der Waals surface area (Å²) in [5.74, 6) is -2.48. The predicted molar refractivity (Wildman–Crippen MR) is 106 cm³/mol. The number of hydrogen-bond donors (Lipinski definition) is 6. The van der Waals surface area contributed by atoms with Crippen molar-refractivity contribution in [2.45, 2.75) is 65.1 Å². The lowest BCUT2D eigenvalue weighted by Gasteiger charge is -2.28.